The lowest BCUT2D eigenvalue weighted by molar-refractivity contribution is -0.149. The van der Waals surface area contributed by atoms with Crippen LogP contribution in [-0.2, 0) is 54.4 Å². The molecule has 18 heteroatoms. The van der Waals surface area contributed by atoms with Crippen molar-refractivity contribution >= 4 is 64.5 Å². The Kier molecular flexibility index (Phi) is 28.9. The Bertz CT molecular complexity index is 2280. The second kappa shape index (κ2) is 33.6. The zero-order valence-corrected chi connectivity index (χ0v) is 50.6. The molecule has 0 bridgehead atoms. The molecule has 5 amide bonds. The molecule has 79 heavy (non-hydrogen) atoms. The summed E-state index contributed by atoms with van der Waals surface area (Å²) in [6.07, 6.45) is 4.88. The number of amides is 5. The number of hydrogen-bond donors (Lipinski definition) is 2. The second-order valence-electron chi connectivity index (χ2n) is 22.5. The van der Waals surface area contributed by atoms with E-state index in [1.54, 1.807) is 69.3 Å². The van der Waals surface area contributed by atoms with Gasteiger partial charge in [0.25, 0.3) is 0 Å². The van der Waals surface area contributed by atoms with Crippen LogP contribution < -0.4 is 5.73 Å². The third-order valence-electron chi connectivity index (χ3n) is 16.0. The Labute approximate surface area is 475 Å². The Hall–Kier alpha value is -5.17. The van der Waals surface area contributed by atoms with E-state index in [9.17, 15) is 43.5 Å². The van der Waals surface area contributed by atoms with Crippen LogP contribution in [0.5, 0.6) is 0 Å². The number of rotatable bonds is 31. The third-order valence-corrected chi connectivity index (χ3v) is 16.9. The van der Waals surface area contributed by atoms with Crippen molar-refractivity contribution in [3.05, 3.63) is 65.7 Å². The number of ketones is 3. The van der Waals surface area contributed by atoms with Crippen molar-refractivity contribution in [3.8, 4) is 0 Å². The fourth-order valence-electron chi connectivity index (χ4n) is 11.0. The van der Waals surface area contributed by atoms with Gasteiger partial charge in [-0.1, -0.05) is 111 Å². The quantitative estimate of drug-likeness (QED) is 0.0409. The molecule has 2 aliphatic heterocycles. The van der Waals surface area contributed by atoms with E-state index < -0.39 is 48.3 Å². The summed E-state index contributed by atoms with van der Waals surface area (Å²) in [6.45, 7) is 17.9. The van der Waals surface area contributed by atoms with E-state index in [-0.39, 0.29) is 102 Å². The van der Waals surface area contributed by atoms with Crippen LogP contribution >= 0.6 is 11.8 Å². The minimum Gasteiger partial charge on any atom is -0.445 e. The Morgan fingerprint density at radius 2 is 1.46 bits per heavy atom. The summed E-state index contributed by atoms with van der Waals surface area (Å²) in [5, 5.41) is 10.8. The van der Waals surface area contributed by atoms with Crippen LogP contribution in [-0.4, -0.2) is 155 Å². The first-order valence-electron chi connectivity index (χ1n) is 28.4. The number of unbranched alkanes of at least 4 members (excludes halogenated alkanes) is 2. The van der Waals surface area contributed by atoms with Gasteiger partial charge in [-0.15, -0.1) is 0 Å². The predicted molar refractivity (Wildman–Crippen MR) is 309 cm³/mol. The summed E-state index contributed by atoms with van der Waals surface area (Å²) in [6, 6.07) is 14.6. The number of methoxy groups -OCH3 is 2. The first kappa shape index (κ1) is 68.1. The Morgan fingerprint density at radius 3 is 2.00 bits per heavy atom. The van der Waals surface area contributed by atoms with E-state index in [1.807, 2.05) is 92.0 Å². The molecule has 4 rings (SSSR count). The zero-order valence-electron chi connectivity index (χ0n) is 49.8. The number of aliphatic hydroxyl groups excluding tert-OH is 1. The summed E-state index contributed by atoms with van der Waals surface area (Å²) in [7, 11) is 6.39. The highest BCUT2D eigenvalue weighted by molar-refractivity contribution is 8.00. The SMILES string of the molecule is CC[C@H](C)[C@@H]([C@@H](CC(=O)N1CCC[C@H]1[C@H](OC)[C@@H](C)C(=O)C[C@H](C)[C@@H](O)c1ccccc1)OC)N(C)C(=O)[C@@H](CC(=O)[C@H](C(C)C)N(C)C(=O)OCc1ccc(N)cc1)C(C)C.CSC1CC(=O)N(CCCCCC(C)=O)C1=O. The third kappa shape index (κ3) is 19.8. The van der Waals surface area contributed by atoms with Crippen molar-refractivity contribution in [2.45, 2.75) is 181 Å². The molecular formula is C61H95N5O12S. The molecule has 2 aromatic rings. The summed E-state index contributed by atoms with van der Waals surface area (Å²) in [5.41, 5.74) is 7.90. The van der Waals surface area contributed by atoms with Gasteiger partial charge in [-0.2, -0.15) is 11.8 Å². The molecule has 0 spiro atoms. The van der Waals surface area contributed by atoms with Crippen molar-refractivity contribution in [1.29, 1.82) is 0 Å². The van der Waals surface area contributed by atoms with Crippen molar-refractivity contribution in [2.24, 2.45) is 35.5 Å². The number of nitrogens with zero attached hydrogens (tertiary/aromatic N) is 4. The number of carbonyl (C=O) groups excluding carboxylic acids is 8. The molecule has 0 radical (unpaired) electrons. The number of hydrogen-bond acceptors (Lipinski definition) is 14. The molecule has 2 aliphatic rings. The van der Waals surface area contributed by atoms with Crippen molar-refractivity contribution < 1.29 is 57.7 Å². The van der Waals surface area contributed by atoms with Gasteiger partial charge in [0.1, 0.15) is 18.2 Å². The molecular weight excluding hydrogens is 1030 g/mol. The van der Waals surface area contributed by atoms with E-state index >= 15 is 0 Å². The van der Waals surface area contributed by atoms with E-state index in [4.69, 9.17) is 19.9 Å². The molecule has 0 saturated carbocycles. The minimum atomic E-state index is -0.824. The molecule has 2 fully saturated rings. The highest BCUT2D eigenvalue weighted by Gasteiger charge is 2.44. The fraction of sp³-hybridized carbons (Fsp3) is 0.672. The summed E-state index contributed by atoms with van der Waals surface area (Å²) < 4.78 is 17.6. The van der Waals surface area contributed by atoms with Crippen LogP contribution in [0.2, 0.25) is 0 Å². The van der Waals surface area contributed by atoms with Crippen molar-refractivity contribution in [1.82, 2.24) is 19.6 Å². The first-order valence-corrected chi connectivity index (χ1v) is 29.6. The Balaban J connectivity index is 0.000000818. The van der Waals surface area contributed by atoms with Crippen LogP contribution in [0.3, 0.4) is 0 Å². The standard InChI is InChI=1S/C49H76N4O9.C12H19NO3S/c1-13-32(6)45(51(9)48(58)38(30(2)3)27-41(55)44(31(4)5)52(10)49(59)62-29-35-21-23-37(50)24-22-35)42(60-11)28-43(56)53-25-17-20-39(53)47(61-12)34(8)40(54)26-33(7)46(57)36-18-15-14-16-19-36;1-9(14)6-4-3-5-7-13-11(15)8-10(17-2)12(13)16/h14-16,18-19,21-24,30-34,38-39,42,44-47,57H,13,17,20,25-29,50H2,1-12H3;10H,3-8H2,1-2H3/t32-,33-,34-,38-,39-,42+,44-,45-,46+,47+;/m0./s1. The average molecular weight is 1120 g/mol. The largest absolute Gasteiger partial charge is 0.445 e. The van der Waals surface area contributed by atoms with Gasteiger partial charge in [0.05, 0.1) is 48.1 Å². The number of Topliss-reactive ketones (excluding diaryl/α,β-unsaturated/α-hetero) is 3. The van der Waals surface area contributed by atoms with E-state index in [0.717, 1.165) is 36.8 Å². The van der Waals surface area contributed by atoms with Gasteiger partial charge in [0, 0.05) is 84.6 Å². The molecule has 0 aliphatic carbocycles. The van der Waals surface area contributed by atoms with Crippen LogP contribution in [0.4, 0.5) is 10.5 Å². The number of likely N-dealkylation sites (tertiary alicyclic amines) is 2. The number of likely N-dealkylation sites (N-methyl/N-ethyl adjacent to an activating group) is 2. The topological polar surface area (TPSA) is 223 Å². The molecule has 17 nitrogen and oxygen atoms in total. The molecule has 11 atom stereocenters. The lowest BCUT2D eigenvalue weighted by Gasteiger charge is -2.41. The fourth-order valence-corrected chi connectivity index (χ4v) is 11.7. The molecule has 1 unspecified atom stereocenters. The molecule has 2 heterocycles. The van der Waals surface area contributed by atoms with E-state index in [2.05, 4.69) is 0 Å². The zero-order chi connectivity index (χ0) is 59.3. The monoisotopic (exact) mass is 1120 g/mol. The van der Waals surface area contributed by atoms with Crippen LogP contribution in [0.1, 0.15) is 150 Å². The molecule has 2 saturated heterocycles. The van der Waals surface area contributed by atoms with Crippen LogP contribution in [0.15, 0.2) is 54.6 Å². The van der Waals surface area contributed by atoms with Crippen LogP contribution in [0, 0.1) is 35.5 Å². The number of aliphatic hydroxyl groups is 1. The number of benzene rings is 2. The number of anilines is 1. The maximum Gasteiger partial charge on any atom is 0.410 e. The van der Waals surface area contributed by atoms with Gasteiger partial charge in [-0.05, 0) is 85.8 Å². The normalized spacial score (nSPS) is 18.9. The number of imide groups is 1. The van der Waals surface area contributed by atoms with E-state index in [1.165, 1.54) is 21.6 Å². The molecule has 2 aromatic carbocycles. The maximum absolute atomic E-state index is 14.6. The maximum atomic E-state index is 14.6. The molecule has 442 valence electrons. The molecule has 0 aromatic heterocycles. The highest BCUT2D eigenvalue weighted by Crippen LogP contribution is 2.33. The summed E-state index contributed by atoms with van der Waals surface area (Å²) in [4.78, 5) is 110. The number of nitrogens with two attached hydrogens (primary N) is 1. The second-order valence-corrected chi connectivity index (χ2v) is 23.6. The molecule has 3 N–H and O–H groups in total. The van der Waals surface area contributed by atoms with Crippen molar-refractivity contribution in [2.75, 3.05) is 53.4 Å². The highest BCUT2D eigenvalue weighted by atomic mass is 32.2. The summed E-state index contributed by atoms with van der Waals surface area (Å²) >= 11 is 1.44. The van der Waals surface area contributed by atoms with Gasteiger partial charge in [-0.25, -0.2) is 4.79 Å². The van der Waals surface area contributed by atoms with Crippen molar-refractivity contribution in [3.63, 3.8) is 0 Å². The smallest absolute Gasteiger partial charge is 0.410 e. The summed E-state index contributed by atoms with van der Waals surface area (Å²) in [5.74, 6) is -2.64. The first-order chi connectivity index (χ1) is 37.3. The minimum absolute atomic E-state index is 0.00264. The van der Waals surface area contributed by atoms with E-state index in [0.29, 0.717) is 44.5 Å². The van der Waals surface area contributed by atoms with Gasteiger partial charge in [0.15, 0.2) is 5.78 Å². The Morgan fingerprint density at radius 1 is 0.810 bits per heavy atom. The average Bonchev–Trinajstić information content (AvgIpc) is 4.02. The van der Waals surface area contributed by atoms with Gasteiger partial charge in [0.2, 0.25) is 23.6 Å². The number of nitrogen functional groups attached to an aromatic ring is 1. The predicted octanol–water partition coefficient (Wildman–Crippen LogP) is 8.97. The lowest BCUT2D eigenvalue weighted by atomic mass is 9.83. The van der Waals surface area contributed by atoms with Gasteiger partial charge < -0.3 is 44.5 Å². The number of thioether (sulfide) groups is 1. The number of ether oxygens (including phenoxy) is 3. The van der Waals surface area contributed by atoms with Crippen LogP contribution in [0.25, 0.3) is 0 Å². The lowest BCUT2D eigenvalue weighted by Crippen LogP contribution is -2.54. The van der Waals surface area contributed by atoms with Gasteiger partial charge in [-0.3, -0.25) is 33.7 Å². The number of carbonyl (C=O) groups is 8. The van der Waals surface area contributed by atoms with Gasteiger partial charge >= 0.3 is 6.09 Å².